The Morgan fingerprint density at radius 1 is 1.80 bits per heavy atom. The molecule has 4 nitrogen and oxygen atoms in total. The van der Waals surface area contributed by atoms with E-state index in [2.05, 4.69) is 5.32 Å². The second kappa shape index (κ2) is 5.37. The van der Waals surface area contributed by atoms with Gasteiger partial charge < -0.3 is 15.5 Å². The molecule has 10 heavy (non-hydrogen) atoms. The molecule has 0 heterocycles. The molecule has 1 amide bonds. The molecule has 0 spiro atoms. The zero-order valence-corrected chi connectivity index (χ0v) is 6.52. The van der Waals surface area contributed by atoms with Crippen LogP contribution < -0.4 is 5.32 Å². The average molecular weight is 165 g/mol. The summed E-state index contributed by atoms with van der Waals surface area (Å²) in [6, 6.07) is 0. The van der Waals surface area contributed by atoms with Gasteiger partial charge in [0.25, 0.3) is 0 Å². The van der Waals surface area contributed by atoms with Gasteiger partial charge in [-0.2, -0.15) is 11.8 Å². The van der Waals surface area contributed by atoms with Gasteiger partial charge in [-0.05, 0) is 6.26 Å². The van der Waals surface area contributed by atoms with Crippen molar-refractivity contribution in [2.24, 2.45) is 0 Å². The van der Waals surface area contributed by atoms with Gasteiger partial charge in [0.2, 0.25) is 0 Å². The van der Waals surface area contributed by atoms with Gasteiger partial charge in [0.1, 0.15) is 0 Å². The lowest BCUT2D eigenvalue weighted by Crippen LogP contribution is -2.31. The Morgan fingerprint density at radius 2 is 2.40 bits per heavy atom. The lowest BCUT2D eigenvalue weighted by atomic mass is 10.4. The van der Waals surface area contributed by atoms with Crippen LogP contribution in [0, 0.1) is 0 Å². The molecule has 1 unspecified atom stereocenters. The van der Waals surface area contributed by atoms with Crippen molar-refractivity contribution in [3.63, 3.8) is 0 Å². The largest absolute Gasteiger partial charge is 0.465 e. The number of amides is 1. The van der Waals surface area contributed by atoms with E-state index >= 15 is 0 Å². The molecular weight excluding hydrogens is 154 g/mol. The van der Waals surface area contributed by atoms with Crippen molar-refractivity contribution in [1.29, 1.82) is 0 Å². The fourth-order valence-corrected chi connectivity index (χ4v) is 0.959. The van der Waals surface area contributed by atoms with Crippen molar-refractivity contribution < 1.29 is 15.0 Å². The van der Waals surface area contributed by atoms with Gasteiger partial charge in [0.05, 0.1) is 6.10 Å². The van der Waals surface area contributed by atoms with Crippen LogP contribution in [0.1, 0.15) is 0 Å². The van der Waals surface area contributed by atoms with Gasteiger partial charge in [-0.15, -0.1) is 0 Å². The number of carbonyl (C=O) groups is 1. The summed E-state index contributed by atoms with van der Waals surface area (Å²) in [6.07, 6.45) is 0.176. The highest BCUT2D eigenvalue weighted by atomic mass is 32.2. The van der Waals surface area contributed by atoms with Crippen LogP contribution in [-0.2, 0) is 0 Å². The number of hydrogen-bond acceptors (Lipinski definition) is 3. The van der Waals surface area contributed by atoms with Crippen LogP contribution in [0.25, 0.3) is 0 Å². The highest BCUT2D eigenvalue weighted by molar-refractivity contribution is 7.98. The first kappa shape index (κ1) is 9.58. The van der Waals surface area contributed by atoms with Gasteiger partial charge in [-0.3, -0.25) is 0 Å². The number of rotatable bonds is 4. The maximum atomic E-state index is 9.88. The molecular formula is C5H11NO3S. The first-order chi connectivity index (χ1) is 4.66. The molecule has 0 saturated carbocycles. The van der Waals surface area contributed by atoms with E-state index in [1.165, 1.54) is 11.8 Å². The van der Waals surface area contributed by atoms with Crippen molar-refractivity contribution in [1.82, 2.24) is 5.32 Å². The second-order valence-corrected chi connectivity index (χ2v) is 2.71. The van der Waals surface area contributed by atoms with Gasteiger partial charge in [0, 0.05) is 12.3 Å². The minimum atomic E-state index is -1.10. The minimum Gasteiger partial charge on any atom is -0.465 e. The van der Waals surface area contributed by atoms with Crippen LogP contribution in [0.2, 0.25) is 0 Å². The maximum absolute atomic E-state index is 9.88. The lowest BCUT2D eigenvalue weighted by molar-refractivity contribution is 0.170. The van der Waals surface area contributed by atoms with Crippen molar-refractivity contribution in [3.8, 4) is 0 Å². The van der Waals surface area contributed by atoms with Gasteiger partial charge in [-0.25, -0.2) is 4.79 Å². The number of hydrogen-bond donors (Lipinski definition) is 3. The van der Waals surface area contributed by atoms with Gasteiger partial charge in [-0.1, -0.05) is 0 Å². The Hall–Kier alpha value is -0.420. The maximum Gasteiger partial charge on any atom is 0.404 e. The monoisotopic (exact) mass is 165 g/mol. The minimum absolute atomic E-state index is 0.107. The van der Waals surface area contributed by atoms with E-state index in [9.17, 15) is 4.79 Å². The summed E-state index contributed by atoms with van der Waals surface area (Å²) in [5.74, 6) is 0.556. The zero-order valence-electron chi connectivity index (χ0n) is 5.70. The highest BCUT2D eigenvalue weighted by Gasteiger charge is 2.03. The Bertz CT molecular complexity index is 109. The van der Waals surface area contributed by atoms with Crippen LogP contribution in [0.3, 0.4) is 0 Å². The van der Waals surface area contributed by atoms with Gasteiger partial charge >= 0.3 is 6.09 Å². The summed E-state index contributed by atoms with van der Waals surface area (Å²) in [6.45, 7) is 0.107. The van der Waals surface area contributed by atoms with Crippen molar-refractivity contribution >= 4 is 17.9 Å². The Kier molecular flexibility index (Phi) is 5.15. The Morgan fingerprint density at radius 3 is 2.80 bits per heavy atom. The molecule has 60 valence electrons. The molecule has 5 heteroatoms. The normalized spacial score (nSPS) is 12.6. The fraction of sp³-hybridized carbons (Fsp3) is 0.800. The van der Waals surface area contributed by atoms with Crippen LogP contribution in [-0.4, -0.2) is 41.0 Å². The SMILES string of the molecule is CSCC(O)CNC(=O)O. The molecule has 0 aliphatic rings. The fourth-order valence-electron chi connectivity index (χ4n) is 0.456. The summed E-state index contributed by atoms with van der Waals surface area (Å²) in [4.78, 5) is 9.88. The Balaban J connectivity index is 3.21. The average Bonchev–Trinajstić information content (AvgIpc) is 1.85. The third-order valence-corrected chi connectivity index (χ3v) is 1.57. The summed E-state index contributed by atoms with van der Waals surface area (Å²) < 4.78 is 0. The lowest BCUT2D eigenvalue weighted by Gasteiger charge is -2.06. The summed E-state index contributed by atoms with van der Waals surface area (Å²) in [5, 5.41) is 19.1. The Labute approximate surface area is 63.6 Å². The van der Waals surface area contributed by atoms with E-state index in [1.54, 1.807) is 0 Å². The molecule has 0 bridgehead atoms. The molecule has 3 N–H and O–H groups in total. The molecule has 0 aromatic heterocycles. The molecule has 0 aromatic rings. The predicted octanol–water partition coefficient (Wildman–Crippen LogP) is -0.0221. The smallest absolute Gasteiger partial charge is 0.404 e. The quantitative estimate of drug-likeness (QED) is 0.547. The van der Waals surface area contributed by atoms with Crippen LogP contribution in [0.5, 0.6) is 0 Å². The predicted molar refractivity (Wildman–Crippen MR) is 40.4 cm³/mol. The van der Waals surface area contributed by atoms with E-state index < -0.39 is 12.2 Å². The van der Waals surface area contributed by atoms with Crippen LogP contribution in [0.4, 0.5) is 4.79 Å². The van der Waals surface area contributed by atoms with E-state index in [-0.39, 0.29) is 6.54 Å². The first-order valence-electron chi connectivity index (χ1n) is 2.80. The number of nitrogens with one attached hydrogen (secondary N) is 1. The number of aliphatic hydroxyl groups is 1. The van der Waals surface area contributed by atoms with Crippen molar-refractivity contribution in [2.45, 2.75) is 6.10 Å². The summed E-state index contributed by atoms with van der Waals surface area (Å²) in [5.41, 5.74) is 0. The second-order valence-electron chi connectivity index (χ2n) is 1.80. The summed E-state index contributed by atoms with van der Waals surface area (Å²) >= 11 is 1.48. The molecule has 1 atom stereocenters. The molecule has 0 aliphatic heterocycles. The number of aliphatic hydroxyl groups excluding tert-OH is 1. The molecule has 0 fully saturated rings. The first-order valence-corrected chi connectivity index (χ1v) is 4.20. The third kappa shape index (κ3) is 5.71. The topological polar surface area (TPSA) is 69.6 Å². The standard InChI is InChI=1S/C5H11NO3S/c1-10-3-4(7)2-6-5(8)9/h4,6-7H,2-3H2,1H3,(H,8,9). The third-order valence-electron chi connectivity index (χ3n) is 0.848. The number of thioether (sulfide) groups is 1. The van der Waals surface area contributed by atoms with Crippen molar-refractivity contribution in [3.05, 3.63) is 0 Å². The van der Waals surface area contributed by atoms with E-state index in [0.29, 0.717) is 5.75 Å². The zero-order chi connectivity index (χ0) is 7.98. The molecule has 0 rings (SSSR count). The van der Waals surface area contributed by atoms with Crippen LogP contribution in [0.15, 0.2) is 0 Å². The molecule has 0 aliphatic carbocycles. The molecule has 0 aromatic carbocycles. The van der Waals surface area contributed by atoms with E-state index in [4.69, 9.17) is 10.2 Å². The molecule has 0 radical (unpaired) electrons. The van der Waals surface area contributed by atoms with Crippen LogP contribution >= 0.6 is 11.8 Å². The highest BCUT2D eigenvalue weighted by Crippen LogP contribution is 1.94. The van der Waals surface area contributed by atoms with E-state index in [0.717, 1.165) is 0 Å². The number of carboxylic acid groups (broad SMARTS) is 1. The van der Waals surface area contributed by atoms with Crippen molar-refractivity contribution in [2.75, 3.05) is 18.6 Å². The molecule has 0 saturated heterocycles. The van der Waals surface area contributed by atoms with E-state index in [1.807, 2.05) is 6.26 Å². The summed E-state index contributed by atoms with van der Waals surface area (Å²) in [7, 11) is 0. The van der Waals surface area contributed by atoms with Gasteiger partial charge in [0.15, 0.2) is 0 Å².